The van der Waals surface area contributed by atoms with Crippen molar-refractivity contribution in [3.8, 4) is 16.9 Å². The zero-order chi connectivity index (χ0) is 7.56. The van der Waals surface area contributed by atoms with Crippen LogP contribution in [0.3, 0.4) is 0 Å². The molecule has 3 nitrogen and oxygen atoms in total. The van der Waals surface area contributed by atoms with Gasteiger partial charge in [-0.05, 0) is 0 Å². The third kappa shape index (κ3) is 0.853. The number of methoxy groups -OCH3 is 1. The molecular weight excluding hydrogens is 130 g/mol. The lowest BCUT2D eigenvalue weighted by molar-refractivity contribution is 0.311. The van der Waals surface area contributed by atoms with Gasteiger partial charge in [-0.15, -0.1) is 0 Å². The number of hydrogen-bond acceptors (Lipinski definition) is 3. The van der Waals surface area contributed by atoms with Crippen LogP contribution < -0.4 is 10.6 Å². The van der Waals surface area contributed by atoms with Crippen LogP contribution in [0.4, 0.5) is 0 Å². The van der Waals surface area contributed by atoms with Crippen LogP contribution in [-0.4, -0.2) is 12.3 Å². The lowest BCUT2D eigenvalue weighted by Gasteiger charge is -1.79. The minimum Gasteiger partial charge on any atom is -0.495 e. The van der Waals surface area contributed by atoms with E-state index < -0.39 is 0 Å². The molecule has 0 heterocycles. The molecule has 0 aromatic carbocycles. The van der Waals surface area contributed by atoms with Gasteiger partial charge in [0.15, 0.2) is 0 Å². The summed E-state index contributed by atoms with van der Waals surface area (Å²) in [6, 6.07) is 6.16. The standard InChI is InChI=1S/C7H6O.H3NO/c1-8-7-5-3-2-4-6(5)7;1-2/h2-4H,1H3;2H,1H2. The predicted molar refractivity (Wildman–Crippen MR) is 38.0 cm³/mol. The molecule has 0 spiro atoms. The molecule has 0 saturated carbocycles. The SMILES string of the molecule is COc1c2cccc1-2.NO. The molecule has 0 atom stereocenters. The zero-order valence-electron chi connectivity index (χ0n) is 5.66. The smallest absolute Gasteiger partial charge is 0.134 e. The molecule has 0 saturated heterocycles. The number of ether oxygens (including phenoxy) is 1. The molecule has 0 aliphatic heterocycles. The van der Waals surface area contributed by atoms with Gasteiger partial charge in [0.1, 0.15) is 5.75 Å². The van der Waals surface area contributed by atoms with Crippen LogP contribution in [0.15, 0.2) is 18.2 Å². The average Bonchev–Trinajstić information content (AvgIpc) is 2.45. The van der Waals surface area contributed by atoms with Crippen molar-refractivity contribution in [2.75, 3.05) is 7.11 Å². The van der Waals surface area contributed by atoms with Crippen LogP contribution in [-0.2, 0) is 0 Å². The van der Waals surface area contributed by atoms with Gasteiger partial charge in [-0.2, -0.15) is 0 Å². The van der Waals surface area contributed by atoms with Gasteiger partial charge in [0.05, 0.1) is 7.11 Å². The summed E-state index contributed by atoms with van der Waals surface area (Å²) < 4.78 is 4.99. The van der Waals surface area contributed by atoms with E-state index in [4.69, 9.17) is 9.94 Å². The van der Waals surface area contributed by atoms with Gasteiger partial charge in [0.2, 0.25) is 0 Å². The molecule has 10 heavy (non-hydrogen) atoms. The maximum atomic E-state index is 6.50. The maximum Gasteiger partial charge on any atom is 0.134 e. The van der Waals surface area contributed by atoms with E-state index >= 15 is 0 Å². The first kappa shape index (κ1) is 7.05. The maximum absolute atomic E-state index is 6.50. The summed E-state index contributed by atoms with van der Waals surface area (Å²) in [5.74, 6) is 4.58. The molecule has 0 fully saturated rings. The van der Waals surface area contributed by atoms with Gasteiger partial charge in [-0.1, -0.05) is 18.2 Å². The second-order valence-corrected chi connectivity index (χ2v) is 1.89. The number of para-hydroxylation sites is 1. The van der Waals surface area contributed by atoms with Crippen LogP contribution in [0.25, 0.3) is 11.1 Å². The Morgan fingerprint density at radius 1 is 1.30 bits per heavy atom. The number of benzene rings is 1. The second-order valence-electron chi connectivity index (χ2n) is 1.89. The molecule has 3 heteroatoms. The molecule has 0 aromatic heterocycles. The van der Waals surface area contributed by atoms with Gasteiger partial charge in [0.25, 0.3) is 0 Å². The monoisotopic (exact) mass is 139 g/mol. The van der Waals surface area contributed by atoms with Crippen molar-refractivity contribution in [2.45, 2.75) is 0 Å². The highest BCUT2D eigenvalue weighted by Crippen LogP contribution is 2.50. The number of hydrogen-bond donors (Lipinski definition) is 2. The van der Waals surface area contributed by atoms with Crippen molar-refractivity contribution in [3.05, 3.63) is 18.2 Å². The Hall–Kier alpha value is -1.06. The number of rotatable bonds is 1. The Morgan fingerprint density at radius 3 is 2.10 bits per heavy atom. The van der Waals surface area contributed by atoms with E-state index in [9.17, 15) is 0 Å². The van der Waals surface area contributed by atoms with E-state index in [1.54, 1.807) is 7.11 Å². The zero-order valence-corrected chi connectivity index (χ0v) is 5.66. The Kier molecular flexibility index (Phi) is 1.89. The van der Waals surface area contributed by atoms with Gasteiger partial charge in [-0.3, -0.25) is 0 Å². The van der Waals surface area contributed by atoms with Crippen LogP contribution >= 0.6 is 0 Å². The van der Waals surface area contributed by atoms with Crippen LogP contribution in [0.2, 0.25) is 0 Å². The Morgan fingerprint density at radius 2 is 1.80 bits per heavy atom. The fourth-order valence-electron chi connectivity index (χ4n) is 0.990. The van der Waals surface area contributed by atoms with E-state index in [1.165, 1.54) is 11.1 Å². The second kappa shape index (κ2) is 2.68. The fraction of sp³-hybridized carbons (Fsp3) is 0.143. The average molecular weight is 139 g/mol. The van der Waals surface area contributed by atoms with Crippen molar-refractivity contribution in [3.63, 3.8) is 0 Å². The Labute approximate surface area is 59.0 Å². The molecule has 0 unspecified atom stereocenters. The highest BCUT2D eigenvalue weighted by molar-refractivity contribution is 5.94. The topological polar surface area (TPSA) is 55.5 Å². The minimum atomic E-state index is 1.08. The molecule has 2 aliphatic carbocycles. The highest BCUT2D eigenvalue weighted by Gasteiger charge is 2.23. The van der Waals surface area contributed by atoms with Crippen LogP contribution in [0, 0.1) is 0 Å². The van der Waals surface area contributed by atoms with Crippen LogP contribution in [0.5, 0.6) is 5.75 Å². The number of fused-ring (bicyclic) bond motifs is 1. The largest absolute Gasteiger partial charge is 0.495 e. The Bertz CT molecular complexity index is 215. The van der Waals surface area contributed by atoms with Crippen molar-refractivity contribution in [2.24, 2.45) is 5.90 Å². The van der Waals surface area contributed by atoms with Crippen molar-refractivity contribution in [1.82, 2.24) is 0 Å². The third-order valence-electron chi connectivity index (χ3n) is 1.45. The van der Waals surface area contributed by atoms with E-state index in [-0.39, 0.29) is 0 Å². The van der Waals surface area contributed by atoms with Gasteiger partial charge >= 0.3 is 0 Å². The molecule has 2 aliphatic rings. The summed E-state index contributed by atoms with van der Waals surface area (Å²) in [6.07, 6.45) is 0. The summed E-state index contributed by atoms with van der Waals surface area (Å²) in [4.78, 5) is 0. The minimum absolute atomic E-state index is 1.08. The van der Waals surface area contributed by atoms with E-state index in [1.807, 2.05) is 6.07 Å². The molecule has 0 radical (unpaired) electrons. The van der Waals surface area contributed by atoms with Gasteiger partial charge in [-0.25, -0.2) is 5.90 Å². The van der Waals surface area contributed by atoms with Crippen molar-refractivity contribution < 1.29 is 9.94 Å². The number of nitrogens with two attached hydrogens (primary N) is 1. The van der Waals surface area contributed by atoms with E-state index in [2.05, 4.69) is 18.0 Å². The molecule has 0 amide bonds. The predicted octanol–water partition coefficient (Wildman–Crippen LogP) is 1.01. The summed E-state index contributed by atoms with van der Waals surface area (Å²) >= 11 is 0. The molecule has 54 valence electrons. The first-order chi connectivity index (χ1) is 4.93. The van der Waals surface area contributed by atoms with Crippen LogP contribution in [0.1, 0.15) is 0 Å². The lowest BCUT2D eigenvalue weighted by atomic mass is 10.6. The third-order valence-corrected chi connectivity index (χ3v) is 1.45. The molecule has 0 bridgehead atoms. The first-order valence-corrected chi connectivity index (χ1v) is 2.86. The molecule has 0 aromatic rings. The summed E-state index contributed by atoms with van der Waals surface area (Å²) in [5.41, 5.74) is 2.57. The van der Waals surface area contributed by atoms with Gasteiger partial charge in [0, 0.05) is 11.1 Å². The molecule has 3 N–H and O–H groups in total. The lowest BCUT2D eigenvalue weighted by Crippen LogP contribution is -1.72. The normalized spacial score (nSPS) is 9.50. The fourth-order valence-corrected chi connectivity index (χ4v) is 0.990. The van der Waals surface area contributed by atoms with Crippen molar-refractivity contribution in [1.29, 1.82) is 0 Å². The van der Waals surface area contributed by atoms with Gasteiger partial charge < -0.3 is 9.94 Å². The van der Waals surface area contributed by atoms with E-state index in [0.29, 0.717) is 0 Å². The van der Waals surface area contributed by atoms with Crippen molar-refractivity contribution >= 4 is 0 Å². The Balaban J connectivity index is 0.000000231. The highest BCUT2D eigenvalue weighted by atomic mass is 16.5. The quantitative estimate of drug-likeness (QED) is 0.580. The summed E-state index contributed by atoms with van der Waals surface area (Å²) in [5, 5.41) is 6.50. The first-order valence-electron chi connectivity index (χ1n) is 2.86. The summed E-state index contributed by atoms with van der Waals surface area (Å²) in [7, 11) is 1.70. The molecule has 2 rings (SSSR count). The summed E-state index contributed by atoms with van der Waals surface area (Å²) in [6.45, 7) is 0. The molecular formula is C7H9NO2. The van der Waals surface area contributed by atoms with E-state index in [0.717, 1.165) is 5.75 Å².